The molecule has 2 aliphatic carbocycles. The minimum atomic E-state index is -0.169. The van der Waals surface area contributed by atoms with Gasteiger partial charge in [-0.25, -0.2) is 0 Å². The second-order valence-electron chi connectivity index (χ2n) is 9.06. The lowest BCUT2D eigenvalue weighted by Crippen LogP contribution is -2.34. The average molecular weight is 483 g/mol. The van der Waals surface area contributed by atoms with Crippen LogP contribution in [0.15, 0.2) is 64.4 Å². The maximum Gasteiger partial charge on any atom is 0.308 e. The Morgan fingerprint density at radius 3 is 2.59 bits per heavy atom. The summed E-state index contributed by atoms with van der Waals surface area (Å²) in [6.45, 7) is 0.0470. The van der Waals surface area contributed by atoms with Gasteiger partial charge in [0.05, 0.1) is 5.03 Å². The zero-order valence-electron chi connectivity index (χ0n) is 17.4. The summed E-state index contributed by atoms with van der Waals surface area (Å²) in [6.07, 6.45) is 3.87. The Morgan fingerprint density at radius 1 is 1.06 bits per heavy atom. The molecule has 0 saturated heterocycles. The molecular formula is C25H23ClN2O2S2. The van der Waals surface area contributed by atoms with Crippen LogP contribution in [-0.2, 0) is 11.3 Å². The number of benzene rings is 2. The van der Waals surface area contributed by atoms with Crippen LogP contribution in [0.3, 0.4) is 0 Å². The van der Waals surface area contributed by atoms with Gasteiger partial charge >= 0.3 is 4.87 Å². The average Bonchev–Trinajstić information content (AvgIpc) is 3.48. The standard InChI is InChI=1S/C25H23ClN2O2S2/c26-17-10-8-14(9-11-17)20-21-15-6-7-16(12-15)22(21)31-24-23(20)32-25(30)28(24)13-19(29)27-18-4-2-1-3-5-18/h1-5,8-11,15-16,20-22H,6-7,12-13H2,(H,27,29)/t15-,16-,20+,21-,22+/m0/s1. The fourth-order valence-corrected chi connectivity index (χ4v) is 9.27. The predicted octanol–water partition coefficient (Wildman–Crippen LogP) is 5.85. The number of hydrogen-bond donors (Lipinski definition) is 1. The Bertz CT molecular complexity index is 1220. The molecule has 1 amide bonds. The van der Waals surface area contributed by atoms with Gasteiger partial charge in [0.25, 0.3) is 0 Å². The van der Waals surface area contributed by atoms with Gasteiger partial charge in [0.15, 0.2) is 0 Å². The van der Waals surface area contributed by atoms with E-state index in [2.05, 4.69) is 17.4 Å². The number of nitrogens with zero attached hydrogens (tertiary/aromatic N) is 1. The van der Waals surface area contributed by atoms with Crippen molar-refractivity contribution in [3.8, 4) is 0 Å². The maximum absolute atomic E-state index is 13.1. The Hall–Kier alpha value is -2.02. The van der Waals surface area contributed by atoms with E-state index in [-0.39, 0.29) is 23.2 Å². The van der Waals surface area contributed by atoms with Crippen molar-refractivity contribution < 1.29 is 4.79 Å². The predicted molar refractivity (Wildman–Crippen MR) is 131 cm³/mol. The van der Waals surface area contributed by atoms with Crippen LogP contribution in [0.4, 0.5) is 5.69 Å². The van der Waals surface area contributed by atoms with Gasteiger partial charge in [0, 0.05) is 26.8 Å². The van der Waals surface area contributed by atoms with Crippen LogP contribution >= 0.6 is 34.7 Å². The van der Waals surface area contributed by atoms with E-state index in [9.17, 15) is 9.59 Å². The van der Waals surface area contributed by atoms with Crippen LogP contribution < -0.4 is 10.2 Å². The van der Waals surface area contributed by atoms with E-state index in [1.807, 2.05) is 54.2 Å². The van der Waals surface area contributed by atoms with Crippen LogP contribution in [0.2, 0.25) is 5.02 Å². The molecule has 7 heteroatoms. The number of rotatable bonds is 4. The monoisotopic (exact) mass is 482 g/mol. The minimum Gasteiger partial charge on any atom is -0.325 e. The number of anilines is 1. The topological polar surface area (TPSA) is 51.1 Å². The number of thiazole rings is 1. The second-order valence-corrected chi connectivity index (χ2v) is 11.7. The van der Waals surface area contributed by atoms with Gasteiger partial charge in [-0.2, -0.15) is 0 Å². The molecule has 3 aliphatic rings. The Balaban J connectivity index is 1.38. The van der Waals surface area contributed by atoms with Gasteiger partial charge in [0.1, 0.15) is 6.54 Å². The number of aromatic nitrogens is 1. The van der Waals surface area contributed by atoms with E-state index in [1.54, 1.807) is 4.57 Å². The highest BCUT2D eigenvalue weighted by atomic mass is 35.5. The third-order valence-corrected chi connectivity index (χ3v) is 10.4. The van der Waals surface area contributed by atoms with Crippen molar-refractivity contribution in [3.05, 3.63) is 79.7 Å². The molecule has 0 spiro atoms. The highest BCUT2D eigenvalue weighted by Crippen LogP contribution is 2.64. The molecule has 3 aromatic rings. The first-order valence-electron chi connectivity index (χ1n) is 11.1. The van der Waals surface area contributed by atoms with E-state index < -0.39 is 0 Å². The number of hydrogen-bond acceptors (Lipinski definition) is 4. The number of amides is 1. The Kier molecular flexibility index (Phi) is 5.20. The molecule has 2 aromatic carbocycles. The van der Waals surface area contributed by atoms with Crippen LogP contribution in [-0.4, -0.2) is 15.7 Å². The smallest absolute Gasteiger partial charge is 0.308 e. The Morgan fingerprint density at radius 2 is 1.81 bits per heavy atom. The lowest BCUT2D eigenvalue weighted by atomic mass is 9.75. The van der Waals surface area contributed by atoms with Crippen molar-refractivity contribution in [3.63, 3.8) is 0 Å². The van der Waals surface area contributed by atoms with Crippen molar-refractivity contribution in [2.24, 2.45) is 17.8 Å². The zero-order valence-corrected chi connectivity index (χ0v) is 19.8. The van der Waals surface area contributed by atoms with Gasteiger partial charge in [-0.3, -0.25) is 14.2 Å². The number of para-hydroxylation sites is 1. The summed E-state index contributed by atoms with van der Waals surface area (Å²) in [7, 11) is 0. The number of nitrogens with one attached hydrogen (secondary N) is 1. The molecule has 2 fully saturated rings. The molecule has 2 saturated carbocycles. The molecule has 0 unspecified atom stereocenters. The van der Waals surface area contributed by atoms with E-state index in [1.165, 1.54) is 36.2 Å². The molecule has 6 rings (SSSR count). The van der Waals surface area contributed by atoms with Gasteiger partial charge in [-0.1, -0.05) is 53.3 Å². The van der Waals surface area contributed by atoms with E-state index in [0.29, 0.717) is 17.1 Å². The fourth-order valence-electron chi connectivity index (χ4n) is 6.00. The lowest BCUT2D eigenvalue weighted by molar-refractivity contribution is -0.116. The largest absolute Gasteiger partial charge is 0.325 e. The molecular weight excluding hydrogens is 460 g/mol. The molecule has 1 N–H and O–H groups in total. The van der Waals surface area contributed by atoms with Crippen molar-refractivity contribution in [2.45, 2.75) is 42.0 Å². The first-order chi connectivity index (χ1) is 15.6. The van der Waals surface area contributed by atoms with Crippen LogP contribution in [0.5, 0.6) is 0 Å². The van der Waals surface area contributed by atoms with Crippen molar-refractivity contribution in [1.29, 1.82) is 0 Å². The van der Waals surface area contributed by atoms with Gasteiger partial charge in [0.2, 0.25) is 5.91 Å². The number of halogens is 1. The lowest BCUT2D eigenvalue weighted by Gasteiger charge is -2.40. The van der Waals surface area contributed by atoms with E-state index in [0.717, 1.165) is 26.5 Å². The molecule has 4 nitrogen and oxygen atoms in total. The van der Waals surface area contributed by atoms with Crippen molar-refractivity contribution >= 4 is 46.3 Å². The van der Waals surface area contributed by atoms with Gasteiger partial charge in [-0.05, 0) is 66.8 Å². The minimum absolute atomic E-state index is 0.0444. The van der Waals surface area contributed by atoms with Crippen molar-refractivity contribution in [1.82, 2.24) is 4.57 Å². The van der Waals surface area contributed by atoms with Crippen LogP contribution in [0.25, 0.3) is 0 Å². The summed E-state index contributed by atoms with van der Waals surface area (Å²) in [5, 5.41) is 5.16. The fraction of sp³-hybridized carbons (Fsp3) is 0.360. The maximum atomic E-state index is 13.1. The summed E-state index contributed by atoms with van der Waals surface area (Å²) in [6, 6.07) is 17.5. The summed E-state index contributed by atoms with van der Waals surface area (Å²) in [5.74, 6) is 2.02. The summed E-state index contributed by atoms with van der Waals surface area (Å²) >= 11 is 9.36. The SMILES string of the molecule is O=C(Cn1c2c(sc1=O)[C@H](c1ccc(Cl)cc1)[C@@H]1[C@H]3CC[C@@H](C3)[C@H]1S2)Nc1ccccc1. The zero-order chi connectivity index (χ0) is 21.8. The van der Waals surface area contributed by atoms with Crippen LogP contribution in [0, 0.1) is 17.8 Å². The highest BCUT2D eigenvalue weighted by molar-refractivity contribution is 8.00. The Labute approximate surface area is 200 Å². The second kappa shape index (κ2) is 8.08. The van der Waals surface area contributed by atoms with Gasteiger partial charge in [-0.15, -0.1) is 11.8 Å². The number of fused-ring (bicyclic) bond motifs is 6. The third kappa shape index (κ3) is 3.44. The summed E-state index contributed by atoms with van der Waals surface area (Å²) < 4.78 is 1.70. The number of carbonyl (C=O) groups is 1. The molecule has 2 bridgehead atoms. The summed E-state index contributed by atoms with van der Waals surface area (Å²) in [5.41, 5.74) is 1.98. The van der Waals surface area contributed by atoms with Crippen LogP contribution in [0.1, 0.15) is 35.6 Å². The van der Waals surface area contributed by atoms with E-state index >= 15 is 0 Å². The molecule has 2 heterocycles. The first-order valence-corrected chi connectivity index (χ1v) is 13.2. The van der Waals surface area contributed by atoms with E-state index in [4.69, 9.17) is 11.6 Å². The molecule has 1 aliphatic heterocycles. The highest BCUT2D eigenvalue weighted by Gasteiger charge is 2.55. The molecule has 164 valence electrons. The molecule has 5 atom stereocenters. The van der Waals surface area contributed by atoms with Crippen molar-refractivity contribution in [2.75, 3.05) is 5.32 Å². The number of carbonyl (C=O) groups excluding carboxylic acids is 1. The first kappa shape index (κ1) is 20.6. The number of thioether (sulfide) groups is 1. The normalized spacial score (nSPS) is 27.7. The quantitative estimate of drug-likeness (QED) is 0.507. The summed E-state index contributed by atoms with van der Waals surface area (Å²) in [4.78, 5) is 26.9. The molecule has 1 aromatic heterocycles. The molecule has 32 heavy (non-hydrogen) atoms. The van der Waals surface area contributed by atoms with Gasteiger partial charge < -0.3 is 5.32 Å². The molecule has 0 radical (unpaired) electrons. The third-order valence-electron chi connectivity index (χ3n) is 7.28.